The largest absolute Gasteiger partial charge is 0.480 e. The van der Waals surface area contributed by atoms with Crippen LogP contribution in [0.1, 0.15) is 5.56 Å². The molecule has 2 N–H and O–H groups in total. The number of carbonyl (C=O) groups is 2. The number of carbonyl (C=O) groups excluding carboxylic acids is 1. The number of aliphatic carboxylic acids is 1. The molecule has 1 aromatic heterocycles. The van der Waals surface area contributed by atoms with Gasteiger partial charge in [0.05, 0.1) is 0 Å². The minimum atomic E-state index is -1.10. The summed E-state index contributed by atoms with van der Waals surface area (Å²) in [5.74, 6) is -1.10. The van der Waals surface area contributed by atoms with Gasteiger partial charge in [0.1, 0.15) is 12.6 Å². The highest BCUT2D eigenvalue weighted by atomic mass is 32.1. The van der Waals surface area contributed by atoms with Gasteiger partial charge in [-0.15, -0.1) is 11.3 Å². The summed E-state index contributed by atoms with van der Waals surface area (Å²) >= 11 is 1.55. The zero-order valence-electron chi connectivity index (χ0n) is 11.2. The lowest BCUT2D eigenvalue weighted by molar-refractivity contribution is -0.139. The molecule has 1 aromatic carbocycles. The average molecular weight is 305 g/mol. The Hall–Kier alpha value is -2.34. The molecule has 0 saturated carbocycles. The second-order valence-corrected chi connectivity index (χ2v) is 5.29. The van der Waals surface area contributed by atoms with Crippen molar-refractivity contribution in [1.29, 1.82) is 0 Å². The highest BCUT2D eigenvalue weighted by Gasteiger charge is 2.22. The van der Waals surface area contributed by atoms with Crippen molar-refractivity contribution in [2.24, 2.45) is 0 Å². The molecule has 1 amide bonds. The molecule has 6 heteroatoms. The van der Waals surface area contributed by atoms with E-state index in [1.54, 1.807) is 11.3 Å². The van der Waals surface area contributed by atoms with Crippen molar-refractivity contribution in [2.45, 2.75) is 12.5 Å². The number of alkyl carbamates (subject to hydrolysis) is 1. The van der Waals surface area contributed by atoms with E-state index < -0.39 is 18.1 Å². The number of thiophene rings is 1. The van der Waals surface area contributed by atoms with Crippen molar-refractivity contribution in [1.82, 2.24) is 5.32 Å². The van der Waals surface area contributed by atoms with E-state index in [2.05, 4.69) is 11.9 Å². The molecule has 0 fully saturated rings. The second kappa shape index (κ2) is 6.90. The van der Waals surface area contributed by atoms with E-state index in [1.165, 1.54) is 6.08 Å². The van der Waals surface area contributed by atoms with Gasteiger partial charge in [-0.25, -0.2) is 9.59 Å². The van der Waals surface area contributed by atoms with Crippen molar-refractivity contribution in [3.05, 3.63) is 47.9 Å². The van der Waals surface area contributed by atoms with Crippen molar-refractivity contribution >= 4 is 33.5 Å². The van der Waals surface area contributed by atoms with Crippen LogP contribution in [-0.2, 0) is 16.0 Å². The van der Waals surface area contributed by atoms with Crippen LogP contribution in [0.25, 0.3) is 10.1 Å². The Morgan fingerprint density at radius 1 is 1.43 bits per heavy atom. The quantitative estimate of drug-likeness (QED) is 0.805. The number of carboxylic acids is 1. The molecule has 2 rings (SSSR count). The van der Waals surface area contributed by atoms with Crippen LogP contribution >= 0.6 is 11.3 Å². The van der Waals surface area contributed by atoms with Gasteiger partial charge in [0.15, 0.2) is 0 Å². The highest BCUT2D eigenvalue weighted by Crippen LogP contribution is 2.26. The van der Waals surface area contributed by atoms with Gasteiger partial charge < -0.3 is 15.2 Å². The summed E-state index contributed by atoms with van der Waals surface area (Å²) in [5.41, 5.74) is 0.895. The van der Waals surface area contributed by atoms with Gasteiger partial charge in [-0.3, -0.25) is 0 Å². The number of amides is 1. The van der Waals surface area contributed by atoms with Gasteiger partial charge in [-0.05, 0) is 22.4 Å². The van der Waals surface area contributed by atoms with Crippen molar-refractivity contribution in [2.75, 3.05) is 6.61 Å². The van der Waals surface area contributed by atoms with E-state index in [1.807, 2.05) is 29.6 Å². The lowest BCUT2D eigenvalue weighted by Gasteiger charge is -2.13. The Morgan fingerprint density at radius 2 is 2.19 bits per heavy atom. The van der Waals surface area contributed by atoms with E-state index >= 15 is 0 Å². The number of ether oxygens (including phenoxy) is 1. The normalized spacial score (nSPS) is 11.8. The molecule has 5 nitrogen and oxygen atoms in total. The molecule has 0 bridgehead atoms. The third kappa shape index (κ3) is 3.82. The van der Waals surface area contributed by atoms with Crippen molar-refractivity contribution < 1.29 is 19.4 Å². The van der Waals surface area contributed by atoms with Crippen LogP contribution < -0.4 is 5.32 Å². The monoisotopic (exact) mass is 305 g/mol. The van der Waals surface area contributed by atoms with Crippen LogP contribution in [0.5, 0.6) is 0 Å². The SMILES string of the molecule is C=CCOC(=O)NC(Cc1csc2ccccc12)C(=O)O. The molecule has 1 heterocycles. The molecule has 2 aromatic rings. The number of carboxylic acid groups (broad SMARTS) is 1. The maximum atomic E-state index is 11.5. The summed E-state index contributed by atoms with van der Waals surface area (Å²) in [4.78, 5) is 22.8. The van der Waals surface area contributed by atoms with Gasteiger partial charge in [0.25, 0.3) is 0 Å². The zero-order chi connectivity index (χ0) is 15.2. The van der Waals surface area contributed by atoms with E-state index in [4.69, 9.17) is 4.74 Å². The number of nitrogens with one attached hydrogen (secondary N) is 1. The molecular formula is C15H15NO4S. The van der Waals surface area contributed by atoms with E-state index in [0.717, 1.165) is 15.6 Å². The van der Waals surface area contributed by atoms with Gasteiger partial charge in [0, 0.05) is 11.1 Å². The molecule has 0 spiro atoms. The molecule has 0 radical (unpaired) electrons. The van der Waals surface area contributed by atoms with Crippen LogP contribution in [0.3, 0.4) is 0 Å². The van der Waals surface area contributed by atoms with Crippen LogP contribution in [0.4, 0.5) is 4.79 Å². The Bertz CT molecular complexity index is 664. The molecular weight excluding hydrogens is 290 g/mol. The van der Waals surface area contributed by atoms with Crippen LogP contribution in [0.15, 0.2) is 42.3 Å². The Balaban J connectivity index is 2.11. The van der Waals surface area contributed by atoms with E-state index in [-0.39, 0.29) is 13.0 Å². The summed E-state index contributed by atoms with van der Waals surface area (Å²) in [5, 5.41) is 14.5. The number of hydrogen-bond acceptors (Lipinski definition) is 4. The number of fused-ring (bicyclic) bond motifs is 1. The minimum absolute atomic E-state index is 0.0412. The first-order valence-electron chi connectivity index (χ1n) is 6.34. The second-order valence-electron chi connectivity index (χ2n) is 4.38. The fourth-order valence-corrected chi connectivity index (χ4v) is 2.91. The summed E-state index contributed by atoms with van der Waals surface area (Å²) in [6, 6.07) is 6.73. The van der Waals surface area contributed by atoms with Gasteiger partial charge in [0.2, 0.25) is 0 Å². The molecule has 1 unspecified atom stereocenters. The lowest BCUT2D eigenvalue weighted by atomic mass is 10.1. The highest BCUT2D eigenvalue weighted by molar-refractivity contribution is 7.17. The van der Waals surface area contributed by atoms with Gasteiger partial charge in [-0.1, -0.05) is 30.9 Å². The lowest BCUT2D eigenvalue weighted by Crippen LogP contribution is -2.42. The topological polar surface area (TPSA) is 75.6 Å². The first-order chi connectivity index (χ1) is 10.1. The smallest absolute Gasteiger partial charge is 0.408 e. The van der Waals surface area contributed by atoms with Gasteiger partial charge >= 0.3 is 12.1 Å². The van der Waals surface area contributed by atoms with Crippen LogP contribution in [-0.4, -0.2) is 29.8 Å². The van der Waals surface area contributed by atoms with E-state index in [9.17, 15) is 14.7 Å². The first kappa shape index (κ1) is 15.1. The predicted molar refractivity (Wildman–Crippen MR) is 81.6 cm³/mol. The molecule has 110 valence electrons. The molecule has 1 atom stereocenters. The fraction of sp³-hybridized carbons (Fsp3) is 0.200. The molecule has 0 aliphatic heterocycles. The molecule has 0 aliphatic carbocycles. The average Bonchev–Trinajstić information content (AvgIpc) is 2.87. The maximum absolute atomic E-state index is 11.5. The molecule has 21 heavy (non-hydrogen) atoms. The summed E-state index contributed by atoms with van der Waals surface area (Å²) in [7, 11) is 0. The molecule has 0 saturated heterocycles. The Morgan fingerprint density at radius 3 is 2.90 bits per heavy atom. The van der Waals surface area contributed by atoms with Crippen LogP contribution in [0, 0.1) is 0 Å². The predicted octanol–water partition coefficient (Wildman–Crippen LogP) is 2.81. The zero-order valence-corrected chi connectivity index (χ0v) is 12.1. The summed E-state index contributed by atoms with van der Waals surface area (Å²) < 4.78 is 5.84. The number of benzene rings is 1. The van der Waals surface area contributed by atoms with Crippen molar-refractivity contribution in [3.8, 4) is 0 Å². The third-order valence-corrected chi connectivity index (χ3v) is 3.92. The number of hydrogen-bond donors (Lipinski definition) is 2. The van der Waals surface area contributed by atoms with Crippen LogP contribution in [0.2, 0.25) is 0 Å². The first-order valence-corrected chi connectivity index (χ1v) is 7.22. The van der Waals surface area contributed by atoms with Gasteiger partial charge in [-0.2, -0.15) is 0 Å². The standard InChI is InChI=1S/C15H15NO4S/c1-2-7-20-15(19)16-12(14(17)18)8-10-9-21-13-6-4-3-5-11(10)13/h2-6,9,12H,1,7-8H2,(H,16,19)(H,17,18). The Kier molecular flexibility index (Phi) is 4.94. The maximum Gasteiger partial charge on any atom is 0.408 e. The Labute approximate surface area is 125 Å². The molecule has 0 aliphatic rings. The number of rotatable bonds is 6. The summed E-state index contributed by atoms with van der Waals surface area (Å²) in [6.07, 6.45) is 0.867. The minimum Gasteiger partial charge on any atom is -0.480 e. The third-order valence-electron chi connectivity index (χ3n) is 2.91. The van der Waals surface area contributed by atoms with E-state index in [0.29, 0.717) is 0 Å². The van der Waals surface area contributed by atoms with Crippen molar-refractivity contribution in [3.63, 3.8) is 0 Å². The summed E-state index contributed by atoms with van der Waals surface area (Å²) in [6.45, 7) is 3.46. The fourth-order valence-electron chi connectivity index (χ4n) is 1.93.